The maximum absolute atomic E-state index is 12.4. The van der Waals surface area contributed by atoms with Crippen LogP contribution >= 0.6 is 0 Å². The highest BCUT2D eigenvalue weighted by Crippen LogP contribution is 2.34. The van der Waals surface area contributed by atoms with Crippen molar-refractivity contribution in [3.63, 3.8) is 0 Å². The monoisotopic (exact) mass is 355 g/mol. The summed E-state index contributed by atoms with van der Waals surface area (Å²) in [6.45, 7) is 0. The third-order valence-electron chi connectivity index (χ3n) is 4.69. The molecule has 1 atom stereocenters. The number of rotatable bonds is 6. The van der Waals surface area contributed by atoms with Crippen LogP contribution in [0.2, 0.25) is 0 Å². The van der Waals surface area contributed by atoms with Gasteiger partial charge in [0, 0.05) is 12.3 Å². The molecule has 3 rings (SSSR count). The predicted molar refractivity (Wildman–Crippen MR) is 99.6 cm³/mol. The van der Waals surface area contributed by atoms with Crippen molar-refractivity contribution in [2.24, 2.45) is 5.92 Å². The Hall–Kier alpha value is -2.83. The van der Waals surface area contributed by atoms with Gasteiger partial charge in [0.15, 0.2) is 0 Å². The summed E-state index contributed by atoms with van der Waals surface area (Å²) in [6, 6.07) is 11.5. The maximum atomic E-state index is 12.4. The van der Waals surface area contributed by atoms with Crippen LogP contribution in [0.15, 0.2) is 42.6 Å². The minimum Gasteiger partial charge on any atom is -0.481 e. The molecule has 1 unspecified atom stereocenters. The second-order valence-electron chi connectivity index (χ2n) is 6.43. The van der Waals surface area contributed by atoms with Gasteiger partial charge in [-0.25, -0.2) is 15.2 Å². The van der Waals surface area contributed by atoms with Crippen LogP contribution < -0.4 is 20.9 Å². The van der Waals surface area contributed by atoms with Crippen LogP contribution in [0.1, 0.15) is 43.7 Å². The number of aromatic nitrogens is 2. The van der Waals surface area contributed by atoms with E-state index < -0.39 is 0 Å². The first-order chi connectivity index (χ1) is 12.8. The van der Waals surface area contributed by atoms with Crippen LogP contribution in [0.3, 0.4) is 0 Å². The molecule has 0 radical (unpaired) electrons. The third kappa shape index (κ3) is 4.84. The van der Waals surface area contributed by atoms with Gasteiger partial charge in [-0.3, -0.25) is 5.43 Å². The van der Waals surface area contributed by atoms with Crippen LogP contribution in [-0.2, 0) is 0 Å². The average molecular weight is 355 g/mol. The SMILES string of the molecule is COc1ccnc(NNC(=O)NC(c2ccccc2)C2CCCCC2)n1. The number of nitrogens with zero attached hydrogens (tertiary/aromatic N) is 2. The normalized spacial score (nSPS) is 15.7. The fourth-order valence-corrected chi connectivity index (χ4v) is 3.41. The molecule has 1 fully saturated rings. The lowest BCUT2D eigenvalue weighted by molar-refractivity contribution is 0.223. The molecule has 7 nitrogen and oxygen atoms in total. The Morgan fingerprint density at radius 1 is 1.15 bits per heavy atom. The number of carbonyl (C=O) groups is 1. The standard InChI is InChI=1S/C19H25N5O2/c1-26-16-12-13-20-18(21-16)23-24-19(25)22-17(14-8-4-2-5-9-14)15-10-6-3-7-11-15/h2,4-5,8-9,12-13,15,17H,3,6-7,10-11H2,1H3,(H,20,21,23)(H2,22,24,25). The fraction of sp³-hybridized carbons (Fsp3) is 0.421. The summed E-state index contributed by atoms with van der Waals surface area (Å²) in [5, 5.41) is 3.10. The number of urea groups is 1. The average Bonchev–Trinajstić information content (AvgIpc) is 2.72. The van der Waals surface area contributed by atoms with E-state index in [0.717, 1.165) is 18.4 Å². The highest BCUT2D eigenvalue weighted by Gasteiger charge is 2.26. The van der Waals surface area contributed by atoms with E-state index in [9.17, 15) is 4.79 Å². The van der Waals surface area contributed by atoms with Crippen LogP contribution in [-0.4, -0.2) is 23.1 Å². The number of ether oxygens (including phenoxy) is 1. The van der Waals surface area contributed by atoms with E-state index in [0.29, 0.717) is 11.8 Å². The van der Waals surface area contributed by atoms with Crippen molar-refractivity contribution in [1.29, 1.82) is 0 Å². The predicted octanol–water partition coefficient (Wildman–Crippen LogP) is 3.43. The number of amides is 2. The number of hydrazine groups is 1. The van der Waals surface area contributed by atoms with E-state index >= 15 is 0 Å². The molecule has 1 aromatic carbocycles. The van der Waals surface area contributed by atoms with Gasteiger partial charge in [0.2, 0.25) is 11.8 Å². The maximum Gasteiger partial charge on any atom is 0.333 e. The van der Waals surface area contributed by atoms with Crippen molar-refractivity contribution in [2.75, 3.05) is 12.5 Å². The zero-order chi connectivity index (χ0) is 18.2. The van der Waals surface area contributed by atoms with Crippen LogP contribution in [0.4, 0.5) is 10.7 Å². The van der Waals surface area contributed by atoms with Gasteiger partial charge in [0.25, 0.3) is 0 Å². The number of benzene rings is 1. The van der Waals surface area contributed by atoms with Crippen LogP contribution in [0.5, 0.6) is 5.88 Å². The Kier molecular flexibility index (Phi) is 6.24. The molecule has 0 spiro atoms. The minimum absolute atomic E-state index is 0.00970. The number of anilines is 1. The summed E-state index contributed by atoms with van der Waals surface area (Å²) in [5.41, 5.74) is 6.46. The molecule has 1 aliphatic carbocycles. The molecule has 26 heavy (non-hydrogen) atoms. The number of carbonyl (C=O) groups excluding carboxylic acids is 1. The van der Waals surface area contributed by atoms with Crippen molar-refractivity contribution in [2.45, 2.75) is 38.1 Å². The smallest absolute Gasteiger partial charge is 0.333 e. The molecule has 138 valence electrons. The fourth-order valence-electron chi connectivity index (χ4n) is 3.41. The van der Waals surface area contributed by atoms with Crippen molar-refractivity contribution >= 4 is 12.0 Å². The summed E-state index contributed by atoms with van der Waals surface area (Å²) in [6.07, 6.45) is 7.53. The lowest BCUT2D eigenvalue weighted by Crippen LogP contribution is -2.43. The van der Waals surface area contributed by atoms with Crippen molar-refractivity contribution in [3.05, 3.63) is 48.2 Å². The Morgan fingerprint density at radius 2 is 1.92 bits per heavy atom. The van der Waals surface area contributed by atoms with Gasteiger partial charge in [0.1, 0.15) is 0 Å². The summed E-state index contributed by atoms with van der Waals surface area (Å²) in [7, 11) is 1.53. The highest BCUT2D eigenvalue weighted by atomic mass is 16.5. The molecule has 7 heteroatoms. The van der Waals surface area contributed by atoms with Gasteiger partial charge in [-0.05, 0) is 24.3 Å². The Labute approximate surface area is 153 Å². The zero-order valence-corrected chi connectivity index (χ0v) is 14.9. The van der Waals surface area contributed by atoms with Crippen LogP contribution in [0.25, 0.3) is 0 Å². The molecule has 2 amide bonds. The molecule has 2 aromatic rings. The minimum atomic E-state index is -0.309. The van der Waals surface area contributed by atoms with Gasteiger partial charge in [-0.15, -0.1) is 0 Å². The Balaban J connectivity index is 1.63. The largest absolute Gasteiger partial charge is 0.481 e. The molecule has 1 aliphatic rings. The lowest BCUT2D eigenvalue weighted by atomic mass is 9.81. The second-order valence-corrected chi connectivity index (χ2v) is 6.43. The first-order valence-electron chi connectivity index (χ1n) is 9.01. The zero-order valence-electron chi connectivity index (χ0n) is 14.9. The van der Waals surface area contributed by atoms with E-state index in [1.165, 1.54) is 26.4 Å². The van der Waals surface area contributed by atoms with Crippen molar-refractivity contribution in [1.82, 2.24) is 20.7 Å². The van der Waals surface area contributed by atoms with Gasteiger partial charge in [-0.1, -0.05) is 49.6 Å². The molecule has 1 heterocycles. The molecule has 0 aliphatic heterocycles. The summed E-state index contributed by atoms with van der Waals surface area (Å²) >= 11 is 0. The summed E-state index contributed by atoms with van der Waals surface area (Å²) in [4.78, 5) is 20.6. The van der Waals surface area contributed by atoms with Gasteiger partial charge in [-0.2, -0.15) is 4.98 Å². The van der Waals surface area contributed by atoms with E-state index in [2.05, 4.69) is 38.3 Å². The van der Waals surface area contributed by atoms with Gasteiger partial charge < -0.3 is 10.1 Å². The topological polar surface area (TPSA) is 88.2 Å². The Bertz CT molecular complexity index is 704. The first-order valence-corrected chi connectivity index (χ1v) is 9.01. The molecule has 1 aromatic heterocycles. The second kappa shape index (κ2) is 9.03. The molecular formula is C19H25N5O2. The lowest BCUT2D eigenvalue weighted by Gasteiger charge is -2.31. The molecular weight excluding hydrogens is 330 g/mol. The van der Waals surface area contributed by atoms with E-state index in [-0.39, 0.29) is 18.0 Å². The van der Waals surface area contributed by atoms with E-state index in [4.69, 9.17) is 4.74 Å². The molecule has 1 saturated carbocycles. The first kappa shape index (κ1) is 18.0. The third-order valence-corrected chi connectivity index (χ3v) is 4.69. The number of hydrogen-bond acceptors (Lipinski definition) is 5. The molecule has 3 N–H and O–H groups in total. The van der Waals surface area contributed by atoms with E-state index in [1.54, 1.807) is 12.3 Å². The quantitative estimate of drug-likeness (QED) is 0.691. The number of hydrogen-bond donors (Lipinski definition) is 3. The molecule has 0 bridgehead atoms. The van der Waals surface area contributed by atoms with Gasteiger partial charge >= 0.3 is 6.03 Å². The highest BCUT2D eigenvalue weighted by molar-refractivity contribution is 5.75. The van der Waals surface area contributed by atoms with Gasteiger partial charge in [0.05, 0.1) is 13.2 Å². The summed E-state index contributed by atoms with van der Waals surface area (Å²) < 4.78 is 5.04. The molecule has 0 saturated heterocycles. The van der Waals surface area contributed by atoms with Crippen molar-refractivity contribution in [3.8, 4) is 5.88 Å². The number of nitrogens with one attached hydrogen (secondary N) is 3. The summed E-state index contributed by atoms with van der Waals surface area (Å²) in [5.74, 6) is 1.15. The van der Waals surface area contributed by atoms with Crippen LogP contribution in [0, 0.1) is 5.92 Å². The van der Waals surface area contributed by atoms with Crippen molar-refractivity contribution < 1.29 is 9.53 Å². The Morgan fingerprint density at radius 3 is 2.65 bits per heavy atom. The number of methoxy groups -OCH3 is 1. The van der Waals surface area contributed by atoms with E-state index in [1.807, 2.05) is 18.2 Å².